The quantitative estimate of drug-likeness (QED) is 0.350. The second-order valence-electron chi connectivity index (χ2n) is 7.33. The van der Waals surface area contributed by atoms with E-state index in [1.165, 1.54) is 9.87 Å². The molecule has 0 saturated heterocycles. The minimum absolute atomic E-state index is 0.0664. The van der Waals surface area contributed by atoms with Gasteiger partial charge in [-0.25, -0.2) is 8.42 Å². The predicted molar refractivity (Wildman–Crippen MR) is 139 cm³/mol. The van der Waals surface area contributed by atoms with Gasteiger partial charge in [0, 0.05) is 23.6 Å². The number of benzene rings is 3. The average Bonchev–Trinajstić information content (AvgIpc) is 2.79. The first-order chi connectivity index (χ1) is 15.8. The van der Waals surface area contributed by atoms with Crippen molar-refractivity contribution in [3.05, 3.63) is 99.5 Å². The van der Waals surface area contributed by atoms with Crippen LogP contribution in [0.25, 0.3) is 0 Å². The molecule has 3 rings (SSSR count). The second kappa shape index (κ2) is 11.8. The smallest absolute Gasteiger partial charge is 0.251 e. The lowest BCUT2D eigenvalue weighted by Gasteiger charge is -2.24. The predicted octanol–water partition coefficient (Wildman–Crippen LogP) is 5.62. The van der Waals surface area contributed by atoms with Crippen LogP contribution in [0.4, 0.5) is 5.69 Å². The monoisotopic (exact) mass is 522 g/mol. The Morgan fingerprint density at radius 3 is 2.30 bits per heavy atom. The number of nitrogens with one attached hydrogen (secondary N) is 1. The molecule has 0 radical (unpaired) electrons. The molecule has 0 saturated carbocycles. The molecule has 0 bridgehead atoms. The first-order valence-electron chi connectivity index (χ1n) is 10.2. The first kappa shape index (κ1) is 25.4. The lowest BCUT2D eigenvalue weighted by Crippen LogP contribution is -2.29. The highest BCUT2D eigenvalue weighted by Crippen LogP contribution is 2.34. The van der Waals surface area contributed by atoms with Crippen molar-refractivity contribution in [1.82, 2.24) is 5.32 Å². The number of sulfonamides is 1. The Balaban J connectivity index is 1.57. The highest BCUT2D eigenvalue weighted by molar-refractivity contribution is 7.98. The van der Waals surface area contributed by atoms with Gasteiger partial charge in [0.25, 0.3) is 5.91 Å². The summed E-state index contributed by atoms with van der Waals surface area (Å²) in [7, 11) is -3.61. The molecule has 0 heterocycles. The summed E-state index contributed by atoms with van der Waals surface area (Å²) >= 11 is 14.1. The largest absolute Gasteiger partial charge is 0.351 e. The number of hydrogen-bond donors (Lipinski definition) is 1. The zero-order valence-corrected chi connectivity index (χ0v) is 21.1. The van der Waals surface area contributed by atoms with Crippen LogP contribution in [-0.4, -0.2) is 32.9 Å². The van der Waals surface area contributed by atoms with Gasteiger partial charge < -0.3 is 5.32 Å². The minimum Gasteiger partial charge on any atom is -0.351 e. The summed E-state index contributed by atoms with van der Waals surface area (Å²) in [5.74, 6) is 1.54. The second-order valence-corrected chi connectivity index (χ2v) is 11.1. The maximum Gasteiger partial charge on any atom is 0.251 e. The van der Waals surface area contributed by atoms with Crippen molar-refractivity contribution in [2.75, 3.05) is 22.9 Å². The van der Waals surface area contributed by atoms with Gasteiger partial charge in [-0.3, -0.25) is 9.10 Å². The zero-order chi connectivity index (χ0) is 23.8. The molecule has 0 spiro atoms. The van der Waals surface area contributed by atoms with Crippen LogP contribution in [0.2, 0.25) is 10.0 Å². The van der Waals surface area contributed by atoms with Crippen LogP contribution in [0.15, 0.2) is 72.8 Å². The maximum atomic E-state index is 12.4. The van der Waals surface area contributed by atoms with E-state index in [0.29, 0.717) is 23.4 Å². The summed E-state index contributed by atoms with van der Waals surface area (Å²) in [5, 5.41) is 3.36. The summed E-state index contributed by atoms with van der Waals surface area (Å²) < 4.78 is 26.0. The summed E-state index contributed by atoms with van der Waals surface area (Å²) in [6.45, 7) is 0.629. The van der Waals surface area contributed by atoms with Gasteiger partial charge in [-0.1, -0.05) is 71.7 Å². The van der Waals surface area contributed by atoms with E-state index < -0.39 is 10.0 Å². The number of carbonyl (C=O) groups is 1. The number of hydrogen-bond acceptors (Lipinski definition) is 4. The Hall–Kier alpha value is -2.19. The third-order valence-electron chi connectivity index (χ3n) is 4.79. The highest BCUT2D eigenvalue weighted by Gasteiger charge is 2.21. The van der Waals surface area contributed by atoms with Gasteiger partial charge in [0.15, 0.2) is 0 Å². The number of rotatable bonds is 10. The van der Waals surface area contributed by atoms with E-state index in [9.17, 15) is 13.2 Å². The SMILES string of the molecule is CS(=O)(=O)N(Cc1ccc(C(=O)NCCSCc2ccccc2)cc1)c1cccc(Cl)c1Cl. The van der Waals surface area contributed by atoms with Crippen LogP contribution in [-0.2, 0) is 22.3 Å². The van der Waals surface area contributed by atoms with E-state index in [-0.39, 0.29) is 22.5 Å². The Labute approximate surface area is 209 Å². The third kappa shape index (κ3) is 7.40. The number of nitrogens with zero attached hydrogens (tertiary/aromatic N) is 1. The molecule has 33 heavy (non-hydrogen) atoms. The molecule has 0 aliphatic heterocycles. The Bertz CT molecular complexity index is 1190. The molecular formula is C24H24Cl2N2O3S2. The molecule has 1 N–H and O–H groups in total. The van der Waals surface area contributed by atoms with Gasteiger partial charge in [0.2, 0.25) is 10.0 Å². The fourth-order valence-electron chi connectivity index (χ4n) is 3.10. The van der Waals surface area contributed by atoms with E-state index in [1.54, 1.807) is 54.2 Å². The molecule has 3 aromatic carbocycles. The summed E-state index contributed by atoms with van der Waals surface area (Å²) in [6, 6.07) is 21.9. The van der Waals surface area contributed by atoms with E-state index in [1.807, 2.05) is 18.2 Å². The molecule has 0 aliphatic carbocycles. The van der Waals surface area contributed by atoms with Crippen LogP contribution >= 0.6 is 35.0 Å². The minimum atomic E-state index is -3.61. The van der Waals surface area contributed by atoms with Crippen LogP contribution < -0.4 is 9.62 Å². The number of anilines is 1. The molecular weight excluding hydrogens is 499 g/mol. The molecule has 0 unspecified atom stereocenters. The van der Waals surface area contributed by atoms with Gasteiger partial charge in [-0.2, -0.15) is 11.8 Å². The van der Waals surface area contributed by atoms with Gasteiger partial charge in [0.05, 0.1) is 28.5 Å². The summed E-state index contributed by atoms with van der Waals surface area (Å²) in [6.07, 6.45) is 1.11. The number of amides is 1. The lowest BCUT2D eigenvalue weighted by molar-refractivity contribution is 0.0956. The molecule has 0 fully saturated rings. The maximum absolute atomic E-state index is 12.4. The normalized spacial score (nSPS) is 11.2. The molecule has 9 heteroatoms. The van der Waals surface area contributed by atoms with Crippen LogP contribution in [0.3, 0.4) is 0 Å². The molecule has 174 valence electrons. The zero-order valence-electron chi connectivity index (χ0n) is 18.0. The van der Waals surface area contributed by atoms with Crippen molar-refractivity contribution in [3.8, 4) is 0 Å². The molecule has 0 aliphatic rings. The standard InChI is InChI=1S/C24H24Cl2N2O3S2/c1-33(30,31)28(22-9-5-8-21(25)23(22)26)16-18-10-12-20(13-11-18)24(29)27-14-15-32-17-19-6-3-2-4-7-19/h2-13H,14-17H2,1H3,(H,27,29). The fraction of sp³-hybridized carbons (Fsp3) is 0.208. The van der Waals surface area contributed by atoms with E-state index in [2.05, 4.69) is 17.4 Å². The van der Waals surface area contributed by atoms with Gasteiger partial charge in [0.1, 0.15) is 0 Å². The van der Waals surface area contributed by atoms with Crippen molar-refractivity contribution in [2.24, 2.45) is 0 Å². The van der Waals surface area contributed by atoms with Gasteiger partial charge in [-0.15, -0.1) is 0 Å². The Morgan fingerprint density at radius 2 is 1.64 bits per heavy atom. The fourth-order valence-corrected chi connectivity index (χ4v) is 5.26. The topological polar surface area (TPSA) is 66.5 Å². The summed E-state index contributed by atoms with van der Waals surface area (Å²) in [5.41, 5.74) is 2.79. The van der Waals surface area contributed by atoms with Crippen molar-refractivity contribution >= 4 is 56.6 Å². The molecule has 0 atom stereocenters. The van der Waals surface area contributed by atoms with Gasteiger partial charge in [-0.05, 0) is 35.4 Å². The van der Waals surface area contributed by atoms with Crippen LogP contribution in [0.5, 0.6) is 0 Å². The van der Waals surface area contributed by atoms with E-state index >= 15 is 0 Å². The van der Waals surface area contributed by atoms with Crippen molar-refractivity contribution in [2.45, 2.75) is 12.3 Å². The number of halogens is 2. The van der Waals surface area contributed by atoms with Crippen LogP contribution in [0.1, 0.15) is 21.5 Å². The molecule has 1 amide bonds. The average molecular weight is 524 g/mol. The van der Waals surface area contributed by atoms with Gasteiger partial charge >= 0.3 is 0 Å². The number of carbonyl (C=O) groups excluding carboxylic acids is 1. The first-order valence-corrected chi connectivity index (χ1v) is 13.9. The van der Waals surface area contributed by atoms with E-state index in [4.69, 9.17) is 23.2 Å². The Kier molecular flexibility index (Phi) is 9.09. The van der Waals surface area contributed by atoms with Crippen LogP contribution in [0, 0.1) is 0 Å². The van der Waals surface area contributed by atoms with Crippen molar-refractivity contribution in [3.63, 3.8) is 0 Å². The summed E-state index contributed by atoms with van der Waals surface area (Å²) in [4.78, 5) is 12.4. The highest BCUT2D eigenvalue weighted by atomic mass is 35.5. The third-order valence-corrected chi connectivity index (χ3v) is 7.75. The number of thioether (sulfide) groups is 1. The van der Waals surface area contributed by atoms with Crippen molar-refractivity contribution < 1.29 is 13.2 Å². The van der Waals surface area contributed by atoms with Crippen molar-refractivity contribution in [1.29, 1.82) is 0 Å². The molecule has 0 aromatic heterocycles. The molecule has 5 nitrogen and oxygen atoms in total. The Morgan fingerprint density at radius 1 is 0.939 bits per heavy atom. The molecule has 3 aromatic rings. The van der Waals surface area contributed by atoms with E-state index in [0.717, 1.165) is 17.8 Å². The lowest BCUT2D eigenvalue weighted by atomic mass is 10.1.